The Morgan fingerprint density at radius 3 is 2.78 bits per heavy atom. The van der Waals surface area contributed by atoms with Gasteiger partial charge in [0.25, 0.3) is 0 Å². The molecule has 0 aromatic rings. The van der Waals surface area contributed by atoms with Crippen LogP contribution in [0.25, 0.3) is 0 Å². The van der Waals surface area contributed by atoms with Crippen LogP contribution >= 0.6 is 0 Å². The molecule has 4 atom stereocenters. The fraction of sp³-hybridized carbons (Fsp3) is 0.933. The van der Waals surface area contributed by atoms with Crippen LogP contribution < -0.4 is 5.32 Å². The van der Waals surface area contributed by atoms with Crippen molar-refractivity contribution in [3.8, 4) is 6.07 Å². The molecule has 2 aliphatic rings. The molecule has 0 aromatic heterocycles. The lowest BCUT2D eigenvalue weighted by molar-refractivity contribution is 0.215. The summed E-state index contributed by atoms with van der Waals surface area (Å²) in [6.07, 6.45) is 6.87. The van der Waals surface area contributed by atoms with Gasteiger partial charge in [-0.05, 0) is 57.0 Å². The van der Waals surface area contributed by atoms with Crippen LogP contribution in [0.2, 0.25) is 0 Å². The van der Waals surface area contributed by atoms with E-state index in [1.165, 1.54) is 32.2 Å². The van der Waals surface area contributed by atoms with Gasteiger partial charge in [-0.1, -0.05) is 13.3 Å². The normalized spacial score (nSPS) is 31.8. The van der Waals surface area contributed by atoms with Gasteiger partial charge in [-0.3, -0.25) is 0 Å². The zero-order chi connectivity index (χ0) is 13.0. The SMILES string of the molecule is CCNC(C#N)CCN(C)CC1CC2CCC1C2. The minimum absolute atomic E-state index is 0.0254. The number of rotatable bonds is 7. The van der Waals surface area contributed by atoms with Crippen LogP contribution in [-0.2, 0) is 0 Å². The predicted octanol–water partition coefficient (Wildman–Crippen LogP) is 2.25. The van der Waals surface area contributed by atoms with Crippen molar-refractivity contribution >= 4 is 0 Å². The Bertz CT molecular complexity index is 297. The van der Waals surface area contributed by atoms with Crippen molar-refractivity contribution in [2.45, 2.75) is 45.1 Å². The van der Waals surface area contributed by atoms with Gasteiger partial charge in [0.2, 0.25) is 0 Å². The molecule has 1 N–H and O–H groups in total. The first kappa shape index (κ1) is 13.8. The standard InChI is InChI=1S/C15H27N3/c1-3-17-15(10-16)6-7-18(2)11-14-9-12-4-5-13(14)8-12/h12-15,17H,3-9,11H2,1-2H3. The third-order valence-corrected chi connectivity index (χ3v) is 4.84. The predicted molar refractivity (Wildman–Crippen MR) is 74.1 cm³/mol. The Balaban J connectivity index is 1.66. The maximum atomic E-state index is 9.01. The molecule has 0 amide bonds. The van der Waals surface area contributed by atoms with E-state index in [-0.39, 0.29) is 6.04 Å². The van der Waals surface area contributed by atoms with Crippen molar-refractivity contribution in [1.82, 2.24) is 10.2 Å². The smallest absolute Gasteiger partial charge is 0.0965 e. The number of hydrogen-bond donors (Lipinski definition) is 1. The van der Waals surface area contributed by atoms with Gasteiger partial charge in [0, 0.05) is 13.1 Å². The van der Waals surface area contributed by atoms with Crippen LogP contribution in [0, 0.1) is 29.1 Å². The van der Waals surface area contributed by atoms with Gasteiger partial charge in [0.1, 0.15) is 0 Å². The quantitative estimate of drug-likeness (QED) is 0.752. The second-order valence-electron chi connectivity index (χ2n) is 6.23. The van der Waals surface area contributed by atoms with Gasteiger partial charge >= 0.3 is 0 Å². The fourth-order valence-corrected chi connectivity index (χ4v) is 3.90. The zero-order valence-corrected chi connectivity index (χ0v) is 11.9. The van der Waals surface area contributed by atoms with Crippen molar-refractivity contribution in [2.24, 2.45) is 17.8 Å². The summed E-state index contributed by atoms with van der Waals surface area (Å²) in [6.45, 7) is 5.22. The van der Waals surface area contributed by atoms with E-state index in [9.17, 15) is 0 Å². The van der Waals surface area contributed by atoms with Crippen LogP contribution in [0.3, 0.4) is 0 Å². The highest BCUT2D eigenvalue weighted by Crippen LogP contribution is 2.48. The molecule has 102 valence electrons. The minimum atomic E-state index is 0.0254. The van der Waals surface area contributed by atoms with Crippen molar-refractivity contribution in [2.75, 3.05) is 26.7 Å². The number of fused-ring (bicyclic) bond motifs is 2. The summed E-state index contributed by atoms with van der Waals surface area (Å²) < 4.78 is 0. The molecule has 4 unspecified atom stereocenters. The van der Waals surface area contributed by atoms with Crippen molar-refractivity contribution in [1.29, 1.82) is 5.26 Å². The molecule has 2 bridgehead atoms. The van der Waals surface area contributed by atoms with Gasteiger partial charge in [0.05, 0.1) is 12.1 Å². The summed E-state index contributed by atoms with van der Waals surface area (Å²) in [7, 11) is 2.21. The Hall–Kier alpha value is -0.590. The fourth-order valence-electron chi connectivity index (χ4n) is 3.90. The molecule has 0 radical (unpaired) electrons. The molecule has 3 heteroatoms. The first-order valence-electron chi connectivity index (χ1n) is 7.54. The molecule has 0 aromatic carbocycles. The van der Waals surface area contributed by atoms with E-state index in [0.717, 1.165) is 37.3 Å². The highest BCUT2D eigenvalue weighted by atomic mass is 15.1. The topological polar surface area (TPSA) is 39.1 Å². The second kappa shape index (κ2) is 6.54. The zero-order valence-electron chi connectivity index (χ0n) is 11.9. The number of hydrogen-bond acceptors (Lipinski definition) is 3. The molecule has 18 heavy (non-hydrogen) atoms. The molecule has 2 rings (SSSR count). The van der Waals surface area contributed by atoms with Crippen LogP contribution in [0.15, 0.2) is 0 Å². The van der Waals surface area contributed by atoms with E-state index < -0.39 is 0 Å². The molecule has 0 aliphatic heterocycles. The molecular weight excluding hydrogens is 222 g/mol. The summed E-state index contributed by atoms with van der Waals surface area (Å²) >= 11 is 0. The first-order valence-corrected chi connectivity index (χ1v) is 7.54. The average Bonchev–Trinajstić information content (AvgIpc) is 2.96. The van der Waals surface area contributed by atoms with E-state index in [2.05, 4.69) is 30.3 Å². The Kier molecular flexibility index (Phi) is 5.03. The average molecular weight is 249 g/mol. The lowest BCUT2D eigenvalue weighted by atomic mass is 9.88. The summed E-state index contributed by atoms with van der Waals surface area (Å²) in [4.78, 5) is 2.44. The number of nitriles is 1. The van der Waals surface area contributed by atoms with Crippen molar-refractivity contribution in [3.63, 3.8) is 0 Å². The molecule has 0 saturated heterocycles. The first-order chi connectivity index (χ1) is 8.72. The third kappa shape index (κ3) is 3.46. The summed E-state index contributed by atoms with van der Waals surface area (Å²) in [5.74, 6) is 2.99. The van der Waals surface area contributed by atoms with Crippen molar-refractivity contribution < 1.29 is 0 Å². The molecule has 0 spiro atoms. The van der Waals surface area contributed by atoms with E-state index >= 15 is 0 Å². The van der Waals surface area contributed by atoms with E-state index in [1.54, 1.807) is 0 Å². The Labute approximate surface area is 112 Å². The molecule has 2 aliphatic carbocycles. The molecule has 2 fully saturated rings. The number of nitrogens with zero attached hydrogens (tertiary/aromatic N) is 2. The van der Waals surface area contributed by atoms with Crippen LogP contribution in [-0.4, -0.2) is 37.6 Å². The highest BCUT2D eigenvalue weighted by molar-refractivity contribution is 4.92. The highest BCUT2D eigenvalue weighted by Gasteiger charge is 2.39. The maximum absolute atomic E-state index is 9.01. The second-order valence-corrected chi connectivity index (χ2v) is 6.23. The van der Waals surface area contributed by atoms with Crippen LogP contribution in [0.1, 0.15) is 39.0 Å². The summed E-state index contributed by atoms with van der Waals surface area (Å²) in [6, 6.07) is 2.37. The minimum Gasteiger partial charge on any atom is -0.306 e. The largest absolute Gasteiger partial charge is 0.306 e. The lowest BCUT2D eigenvalue weighted by Crippen LogP contribution is -2.34. The van der Waals surface area contributed by atoms with Gasteiger partial charge in [-0.15, -0.1) is 0 Å². The van der Waals surface area contributed by atoms with Gasteiger partial charge in [-0.25, -0.2) is 0 Å². The van der Waals surface area contributed by atoms with Crippen LogP contribution in [0.5, 0.6) is 0 Å². The molecule has 2 saturated carbocycles. The van der Waals surface area contributed by atoms with E-state index in [0.29, 0.717) is 0 Å². The Morgan fingerprint density at radius 1 is 1.39 bits per heavy atom. The van der Waals surface area contributed by atoms with E-state index in [4.69, 9.17) is 5.26 Å². The maximum Gasteiger partial charge on any atom is 0.0965 e. The van der Waals surface area contributed by atoms with Gasteiger partial charge in [-0.2, -0.15) is 5.26 Å². The monoisotopic (exact) mass is 249 g/mol. The Morgan fingerprint density at radius 2 is 2.22 bits per heavy atom. The van der Waals surface area contributed by atoms with Gasteiger partial charge < -0.3 is 10.2 Å². The van der Waals surface area contributed by atoms with Gasteiger partial charge in [0.15, 0.2) is 0 Å². The molecule has 0 heterocycles. The number of nitrogens with one attached hydrogen (secondary N) is 1. The third-order valence-electron chi connectivity index (χ3n) is 4.84. The lowest BCUT2D eigenvalue weighted by Gasteiger charge is -2.27. The summed E-state index contributed by atoms with van der Waals surface area (Å²) in [5, 5.41) is 12.2. The van der Waals surface area contributed by atoms with Crippen LogP contribution in [0.4, 0.5) is 0 Å². The van der Waals surface area contributed by atoms with Crippen molar-refractivity contribution in [3.05, 3.63) is 0 Å². The molecular formula is C15H27N3. The summed E-state index contributed by atoms with van der Waals surface area (Å²) in [5.41, 5.74) is 0. The molecule has 3 nitrogen and oxygen atoms in total. The van der Waals surface area contributed by atoms with E-state index in [1.807, 2.05) is 0 Å².